The van der Waals surface area contributed by atoms with E-state index < -0.39 is 0 Å². The molecule has 1 radical (unpaired) electrons. The first kappa shape index (κ1) is 12.6. The van der Waals surface area contributed by atoms with Crippen LogP contribution in [0.25, 0.3) is 10.8 Å². The van der Waals surface area contributed by atoms with Crippen molar-refractivity contribution >= 4 is 16.7 Å². The molecule has 0 amide bonds. The molecule has 0 aliphatic rings. The van der Waals surface area contributed by atoms with Gasteiger partial charge < -0.3 is 0 Å². The lowest BCUT2D eigenvalue weighted by molar-refractivity contribution is -0.151. The monoisotopic (exact) mass is 243 g/mol. The van der Waals surface area contributed by atoms with E-state index in [9.17, 15) is 4.79 Å². The number of rotatable bonds is 5. The minimum atomic E-state index is -0.210. The predicted molar refractivity (Wildman–Crippen MR) is 71.8 cm³/mol. The minimum absolute atomic E-state index is 0.210. The largest absolute Gasteiger partial charge is 0.597 e. The van der Waals surface area contributed by atoms with E-state index in [1.165, 1.54) is 10.8 Å². The SMILES string of the molecule is CCCC(=[O+])ONCc1cccc2ccccc12. The van der Waals surface area contributed by atoms with Crippen LogP contribution in [0.5, 0.6) is 0 Å². The van der Waals surface area contributed by atoms with Crippen LogP contribution in [0, 0.1) is 0 Å². The van der Waals surface area contributed by atoms with Gasteiger partial charge in [-0.15, -0.1) is 0 Å². The molecule has 18 heavy (non-hydrogen) atoms. The lowest BCUT2D eigenvalue weighted by Gasteiger charge is -2.04. The van der Waals surface area contributed by atoms with Crippen LogP contribution >= 0.6 is 0 Å². The van der Waals surface area contributed by atoms with Crippen molar-refractivity contribution in [2.24, 2.45) is 0 Å². The summed E-state index contributed by atoms with van der Waals surface area (Å²) < 4.78 is 0. The highest BCUT2D eigenvalue weighted by molar-refractivity contribution is 5.85. The maximum Gasteiger partial charge on any atom is 0.597 e. The van der Waals surface area contributed by atoms with Gasteiger partial charge in [0.05, 0.1) is 11.3 Å². The molecule has 0 heterocycles. The number of hydrogen-bond acceptors (Lipinski definition) is 3. The molecule has 0 atom stereocenters. The molecule has 2 aromatic carbocycles. The Kier molecular flexibility index (Phi) is 4.31. The van der Waals surface area contributed by atoms with Crippen molar-refractivity contribution in [2.45, 2.75) is 26.3 Å². The molecular weight excluding hydrogens is 226 g/mol. The topological polar surface area (TPSA) is 41.2 Å². The van der Waals surface area contributed by atoms with Gasteiger partial charge in [0.2, 0.25) is 0 Å². The molecule has 0 saturated heterocycles. The summed E-state index contributed by atoms with van der Waals surface area (Å²) in [5.41, 5.74) is 3.85. The molecule has 2 aromatic rings. The molecule has 0 bridgehead atoms. The first-order valence-electron chi connectivity index (χ1n) is 6.20. The van der Waals surface area contributed by atoms with Crippen molar-refractivity contribution in [3.63, 3.8) is 0 Å². The van der Waals surface area contributed by atoms with Gasteiger partial charge in [0, 0.05) is 0 Å². The smallest absolute Gasteiger partial charge is 0.199 e. The summed E-state index contributed by atoms with van der Waals surface area (Å²) in [7, 11) is 0. The predicted octanol–water partition coefficient (Wildman–Crippen LogP) is 3.19. The van der Waals surface area contributed by atoms with Crippen molar-refractivity contribution in [3.05, 3.63) is 48.0 Å². The first-order chi connectivity index (χ1) is 8.81. The van der Waals surface area contributed by atoms with Crippen molar-refractivity contribution in [2.75, 3.05) is 0 Å². The number of hydrogen-bond donors (Lipinski definition) is 1. The van der Waals surface area contributed by atoms with E-state index in [0.717, 1.165) is 12.0 Å². The third-order valence-electron chi connectivity index (χ3n) is 2.78. The maximum atomic E-state index is 11.2. The van der Waals surface area contributed by atoms with Gasteiger partial charge in [-0.25, -0.2) is 0 Å². The number of carbonyl (C=O) groups is 1. The van der Waals surface area contributed by atoms with Crippen molar-refractivity contribution < 1.29 is 9.63 Å². The third kappa shape index (κ3) is 3.08. The van der Waals surface area contributed by atoms with Gasteiger partial charge in [0.25, 0.3) is 0 Å². The summed E-state index contributed by atoms with van der Waals surface area (Å²) in [5.74, 6) is -0.210. The number of hydroxylamine groups is 1. The number of carbonyl (C=O) groups excluding carboxylic acids is 1. The van der Waals surface area contributed by atoms with E-state index in [2.05, 4.69) is 23.7 Å². The normalized spacial score (nSPS) is 10.5. The zero-order valence-electron chi connectivity index (χ0n) is 10.5. The lowest BCUT2D eigenvalue weighted by atomic mass is 10.1. The first-order valence-corrected chi connectivity index (χ1v) is 6.20. The molecule has 0 spiro atoms. The molecule has 3 heteroatoms. The molecule has 1 N–H and O–H groups in total. The summed E-state index contributed by atoms with van der Waals surface area (Å²) in [6.45, 7) is 2.47. The quantitative estimate of drug-likeness (QED) is 0.647. The summed E-state index contributed by atoms with van der Waals surface area (Å²) >= 11 is 0. The van der Waals surface area contributed by atoms with Gasteiger partial charge in [-0.1, -0.05) is 49.4 Å². The second-order valence-corrected chi connectivity index (χ2v) is 4.18. The molecule has 93 valence electrons. The Morgan fingerprint density at radius 3 is 2.78 bits per heavy atom. The Bertz CT molecular complexity index is 532. The van der Waals surface area contributed by atoms with Gasteiger partial charge >= 0.3 is 5.97 Å². The van der Waals surface area contributed by atoms with Gasteiger partial charge in [0.15, 0.2) is 0 Å². The number of fused-ring (bicyclic) bond motifs is 1. The Morgan fingerprint density at radius 2 is 1.94 bits per heavy atom. The summed E-state index contributed by atoms with van der Waals surface area (Å²) in [4.78, 5) is 16.2. The second-order valence-electron chi connectivity index (χ2n) is 4.18. The van der Waals surface area contributed by atoms with Crippen LogP contribution in [-0.4, -0.2) is 5.97 Å². The van der Waals surface area contributed by atoms with Crippen LogP contribution in [-0.2, 0) is 16.2 Å². The third-order valence-corrected chi connectivity index (χ3v) is 2.78. The fourth-order valence-corrected chi connectivity index (χ4v) is 1.90. The van der Waals surface area contributed by atoms with E-state index >= 15 is 0 Å². The average Bonchev–Trinajstić information content (AvgIpc) is 2.39. The van der Waals surface area contributed by atoms with Crippen LogP contribution in [0.1, 0.15) is 25.3 Å². The van der Waals surface area contributed by atoms with Crippen LogP contribution < -0.4 is 5.48 Å². The molecule has 0 aliphatic heterocycles. The Balaban J connectivity index is 2.01. The minimum Gasteiger partial charge on any atom is -0.199 e. The standard InChI is InChI=1S/C15H17NO2/c1-2-6-15(17)18-16-11-13-9-5-8-12-7-3-4-10-14(12)13/h3-5,7-10,16H,2,6,11H2,1H3/q+1. The molecule has 0 unspecified atom stereocenters. The number of nitrogens with one attached hydrogen (secondary N) is 1. The van der Waals surface area contributed by atoms with E-state index in [-0.39, 0.29) is 5.97 Å². The van der Waals surface area contributed by atoms with Crippen LogP contribution in [0.15, 0.2) is 42.5 Å². The van der Waals surface area contributed by atoms with Crippen molar-refractivity contribution in [1.82, 2.24) is 5.48 Å². The van der Waals surface area contributed by atoms with Gasteiger partial charge in [-0.2, -0.15) is 4.84 Å². The van der Waals surface area contributed by atoms with Gasteiger partial charge in [-0.05, 0) is 28.2 Å². The highest BCUT2D eigenvalue weighted by Crippen LogP contribution is 2.18. The fraction of sp³-hybridized carbons (Fsp3) is 0.267. The fourth-order valence-electron chi connectivity index (χ4n) is 1.90. The molecule has 0 aromatic heterocycles. The van der Waals surface area contributed by atoms with Gasteiger partial charge in [-0.3, -0.25) is 0 Å². The summed E-state index contributed by atoms with van der Waals surface area (Å²) in [6.07, 6.45) is 1.25. The lowest BCUT2D eigenvalue weighted by Crippen LogP contribution is -2.19. The molecule has 2 rings (SSSR count). The van der Waals surface area contributed by atoms with Crippen LogP contribution in [0.2, 0.25) is 0 Å². The van der Waals surface area contributed by atoms with E-state index in [0.29, 0.717) is 13.0 Å². The Labute approximate surface area is 107 Å². The average molecular weight is 243 g/mol. The van der Waals surface area contributed by atoms with E-state index in [1.54, 1.807) is 0 Å². The Morgan fingerprint density at radius 1 is 1.17 bits per heavy atom. The zero-order chi connectivity index (χ0) is 12.8. The van der Waals surface area contributed by atoms with E-state index in [4.69, 9.17) is 4.84 Å². The second kappa shape index (κ2) is 6.17. The zero-order valence-corrected chi connectivity index (χ0v) is 10.5. The van der Waals surface area contributed by atoms with Crippen LogP contribution in [0.3, 0.4) is 0 Å². The summed E-state index contributed by atoms with van der Waals surface area (Å²) in [6, 6.07) is 14.3. The van der Waals surface area contributed by atoms with Gasteiger partial charge in [0.1, 0.15) is 6.42 Å². The molecule has 0 fully saturated rings. The summed E-state index contributed by atoms with van der Waals surface area (Å²) in [5, 5.41) is 2.37. The van der Waals surface area contributed by atoms with Crippen LogP contribution in [0.4, 0.5) is 0 Å². The highest BCUT2D eigenvalue weighted by atomic mass is 16.7. The Hall–Kier alpha value is -1.87. The molecule has 0 saturated carbocycles. The molecular formula is C15H17NO2+. The van der Waals surface area contributed by atoms with E-state index in [1.807, 2.05) is 31.2 Å². The van der Waals surface area contributed by atoms with Crippen molar-refractivity contribution in [3.8, 4) is 0 Å². The highest BCUT2D eigenvalue weighted by Gasteiger charge is 2.15. The molecule has 0 aliphatic carbocycles. The molecule has 3 nitrogen and oxygen atoms in total. The maximum absolute atomic E-state index is 11.2. The number of benzene rings is 2. The van der Waals surface area contributed by atoms with Crippen molar-refractivity contribution in [1.29, 1.82) is 0 Å².